The summed E-state index contributed by atoms with van der Waals surface area (Å²) in [4.78, 5) is 0. The fourth-order valence-corrected chi connectivity index (χ4v) is 3.02. The van der Waals surface area contributed by atoms with E-state index in [1.807, 2.05) is 12.1 Å². The van der Waals surface area contributed by atoms with Crippen molar-refractivity contribution < 1.29 is 9.84 Å². The Morgan fingerprint density at radius 1 is 1.25 bits per heavy atom. The lowest BCUT2D eigenvalue weighted by molar-refractivity contribution is 0.0423. The van der Waals surface area contributed by atoms with E-state index in [1.165, 1.54) is 12.0 Å². The highest BCUT2D eigenvalue weighted by Gasteiger charge is 2.44. The lowest BCUT2D eigenvalue weighted by Crippen LogP contribution is -2.23. The molecule has 0 radical (unpaired) electrons. The Hall–Kier alpha value is -0.860. The summed E-state index contributed by atoms with van der Waals surface area (Å²) in [7, 11) is 0. The summed E-state index contributed by atoms with van der Waals surface area (Å²) < 4.78 is 5.79. The number of ether oxygens (including phenoxy) is 1. The van der Waals surface area contributed by atoms with Crippen LogP contribution in [0.4, 0.5) is 0 Å². The molecule has 0 spiro atoms. The van der Waals surface area contributed by atoms with Gasteiger partial charge in [0.25, 0.3) is 0 Å². The summed E-state index contributed by atoms with van der Waals surface area (Å²) in [6.45, 7) is 2.07. The topological polar surface area (TPSA) is 29.5 Å². The maximum Gasteiger partial charge on any atom is 0.0843 e. The van der Waals surface area contributed by atoms with Gasteiger partial charge in [-0.2, -0.15) is 0 Å². The minimum Gasteiger partial charge on any atom is -0.388 e. The van der Waals surface area contributed by atoms with Gasteiger partial charge in [0.05, 0.1) is 18.3 Å². The molecule has 1 N–H and O–H groups in total. The highest BCUT2D eigenvalue weighted by Crippen LogP contribution is 2.44. The molecule has 4 unspecified atom stereocenters. The molecule has 0 saturated carbocycles. The second-order valence-corrected chi connectivity index (χ2v) is 5.13. The molecule has 3 rings (SSSR count). The molecular weight excluding hydrogens is 200 g/mol. The van der Waals surface area contributed by atoms with E-state index in [1.54, 1.807) is 0 Å². The molecule has 0 amide bonds. The predicted octanol–water partition coefficient (Wildman–Crippen LogP) is 2.60. The molecule has 2 bridgehead atoms. The van der Waals surface area contributed by atoms with E-state index in [2.05, 4.69) is 19.1 Å². The van der Waals surface area contributed by atoms with Crippen LogP contribution in [0, 0.1) is 12.8 Å². The Balaban J connectivity index is 1.77. The van der Waals surface area contributed by atoms with E-state index >= 15 is 0 Å². The molecule has 2 nitrogen and oxygen atoms in total. The van der Waals surface area contributed by atoms with Crippen LogP contribution < -0.4 is 0 Å². The van der Waals surface area contributed by atoms with E-state index in [4.69, 9.17) is 4.74 Å². The maximum absolute atomic E-state index is 10.4. The van der Waals surface area contributed by atoms with Gasteiger partial charge in [-0.1, -0.05) is 29.8 Å². The first-order valence-electron chi connectivity index (χ1n) is 6.14. The zero-order chi connectivity index (χ0) is 11.1. The van der Waals surface area contributed by atoms with Gasteiger partial charge in [-0.25, -0.2) is 0 Å². The summed E-state index contributed by atoms with van der Waals surface area (Å²) in [5, 5.41) is 10.4. The lowest BCUT2D eigenvalue weighted by Gasteiger charge is -2.24. The van der Waals surface area contributed by atoms with Crippen molar-refractivity contribution in [3.8, 4) is 0 Å². The number of aliphatic hydroxyl groups excluding tert-OH is 1. The fraction of sp³-hybridized carbons (Fsp3) is 0.571. The molecule has 2 heteroatoms. The van der Waals surface area contributed by atoms with Gasteiger partial charge in [-0.05, 0) is 31.7 Å². The van der Waals surface area contributed by atoms with E-state index in [0.29, 0.717) is 18.1 Å². The lowest BCUT2D eigenvalue weighted by atomic mass is 9.82. The summed E-state index contributed by atoms with van der Waals surface area (Å²) in [6, 6.07) is 8.19. The second-order valence-electron chi connectivity index (χ2n) is 5.13. The average Bonchev–Trinajstić information content (AvgIpc) is 2.91. The standard InChI is InChI=1S/C14H18O2/c1-9-2-4-10(5-3-9)14(15)12-8-11-6-7-13(12)16-11/h2-5,11-15H,6-8H2,1H3. The van der Waals surface area contributed by atoms with Gasteiger partial charge in [0.1, 0.15) is 0 Å². The maximum atomic E-state index is 10.4. The number of aliphatic hydroxyl groups is 1. The molecule has 2 aliphatic rings. The highest BCUT2D eigenvalue weighted by molar-refractivity contribution is 5.24. The third-order valence-corrected chi connectivity index (χ3v) is 3.98. The third-order valence-electron chi connectivity index (χ3n) is 3.98. The molecule has 2 heterocycles. The third kappa shape index (κ3) is 1.66. The zero-order valence-corrected chi connectivity index (χ0v) is 9.60. The minimum absolute atomic E-state index is 0.293. The van der Waals surface area contributed by atoms with Crippen molar-refractivity contribution in [1.82, 2.24) is 0 Å². The first-order chi connectivity index (χ1) is 7.74. The van der Waals surface area contributed by atoms with Gasteiger partial charge in [0.2, 0.25) is 0 Å². The SMILES string of the molecule is Cc1ccc(C(O)C2CC3CCC2O3)cc1. The van der Waals surface area contributed by atoms with Crippen molar-refractivity contribution in [3.05, 3.63) is 35.4 Å². The quantitative estimate of drug-likeness (QED) is 0.826. The number of rotatable bonds is 2. The smallest absolute Gasteiger partial charge is 0.0843 e. The molecule has 1 aromatic rings. The second kappa shape index (κ2) is 3.86. The molecule has 86 valence electrons. The Kier molecular flexibility index (Phi) is 2.49. The van der Waals surface area contributed by atoms with Crippen LogP contribution in [0.5, 0.6) is 0 Å². The van der Waals surface area contributed by atoms with Gasteiger partial charge in [0, 0.05) is 5.92 Å². The monoisotopic (exact) mass is 218 g/mol. The Labute approximate surface area is 96.2 Å². The minimum atomic E-state index is -0.351. The van der Waals surface area contributed by atoms with Crippen molar-refractivity contribution in [3.63, 3.8) is 0 Å². The van der Waals surface area contributed by atoms with Crippen molar-refractivity contribution in [2.75, 3.05) is 0 Å². The van der Waals surface area contributed by atoms with Crippen LogP contribution >= 0.6 is 0 Å². The summed E-state index contributed by atoms with van der Waals surface area (Å²) >= 11 is 0. The number of benzene rings is 1. The Morgan fingerprint density at radius 2 is 2.00 bits per heavy atom. The van der Waals surface area contributed by atoms with Crippen LogP contribution in [-0.4, -0.2) is 17.3 Å². The highest BCUT2D eigenvalue weighted by atomic mass is 16.5. The Bertz CT molecular complexity index is 371. The van der Waals surface area contributed by atoms with Gasteiger partial charge < -0.3 is 9.84 Å². The predicted molar refractivity (Wildman–Crippen MR) is 62.1 cm³/mol. The molecule has 1 aromatic carbocycles. The van der Waals surface area contributed by atoms with Gasteiger partial charge in [0.15, 0.2) is 0 Å². The molecule has 2 aliphatic heterocycles. The first-order valence-corrected chi connectivity index (χ1v) is 6.14. The summed E-state index contributed by atoms with van der Waals surface area (Å²) in [5.41, 5.74) is 2.27. The van der Waals surface area contributed by atoms with Crippen LogP contribution in [0.3, 0.4) is 0 Å². The van der Waals surface area contributed by atoms with Gasteiger partial charge in [-0.15, -0.1) is 0 Å². The van der Waals surface area contributed by atoms with E-state index in [9.17, 15) is 5.11 Å². The van der Waals surface area contributed by atoms with E-state index in [-0.39, 0.29) is 6.10 Å². The van der Waals surface area contributed by atoms with E-state index in [0.717, 1.165) is 18.4 Å². The van der Waals surface area contributed by atoms with Crippen molar-refractivity contribution in [2.45, 2.75) is 44.5 Å². The van der Waals surface area contributed by atoms with Crippen LogP contribution in [0.2, 0.25) is 0 Å². The molecule has 16 heavy (non-hydrogen) atoms. The molecular formula is C14H18O2. The van der Waals surface area contributed by atoms with Crippen LogP contribution in [-0.2, 0) is 4.74 Å². The van der Waals surface area contributed by atoms with Crippen LogP contribution in [0.25, 0.3) is 0 Å². The summed E-state index contributed by atoms with van der Waals surface area (Å²) in [6.07, 6.45) is 3.69. The van der Waals surface area contributed by atoms with Crippen molar-refractivity contribution in [1.29, 1.82) is 0 Å². The normalized spacial score (nSPS) is 34.2. The van der Waals surface area contributed by atoms with Crippen LogP contribution in [0.15, 0.2) is 24.3 Å². The number of fused-ring (bicyclic) bond motifs is 2. The average molecular weight is 218 g/mol. The fourth-order valence-electron chi connectivity index (χ4n) is 3.02. The van der Waals surface area contributed by atoms with Crippen molar-refractivity contribution in [2.24, 2.45) is 5.92 Å². The number of hydrogen-bond donors (Lipinski definition) is 1. The van der Waals surface area contributed by atoms with Crippen LogP contribution in [0.1, 0.15) is 36.5 Å². The molecule has 0 aliphatic carbocycles. The molecule has 0 aromatic heterocycles. The van der Waals surface area contributed by atoms with Crippen molar-refractivity contribution >= 4 is 0 Å². The Morgan fingerprint density at radius 3 is 2.56 bits per heavy atom. The molecule has 2 fully saturated rings. The number of aryl methyl sites for hydroxylation is 1. The van der Waals surface area contributed by atoms with Gasteiger partial charge in [-0.3, -0.25) is 0 Å². The largest absolute Gasteiger partial charge is 0.388 e. The molecule has 4 atom stereocenters. The number of hydrogen-bond acceptors (Lipinski definition) is 2. The first kappa shape index (κ1) is 10.3. The summed E-state index contributed by atoms with van der Waals surface area (Å²) in [5.74, 6) is 0.307. The van der Waals surface area contributed by atoms with E-state index < -0.39 is 0 Å². The zero-order valence-electron chi connectivity index (χ0n) is 9.60. The molecule has 2 saturated heterocycles. The van der Waals surface area contributed by atoms with Gasteiger partial charge >= 0.3 is 0 Å².